The highest BCUT2D eigenvalue weighted by Crippen LogP contribution is 2.26. The summed E-state index contributed by atoms with van der Waals surface area (Å²) in [5, 5.41) is 2.29. The maximum atomic E-state index is 13.7. The first-order valence-electron chi connectivity index (χ1n) is 5.95. The minimum absolute atomic E-state index is 0.0164. The summed E-state index contributed by atoms with van der Waals surface area (Å²) in [5.74, 6) is -1.70. The molecule has 0 radical (unpaired) electrons. The Bertz CT molecular complexity index is 636. The Balaban J connectivity index is 2.29. The van der Waals surface area contributed by atoms with Crippen molar-refractivity contribution in [3.8, 4) is 6.01 Å². The van der Waals surface area contributed by atoms with Crippen LogP contribution in [0.1, 0.15) is 13.3 Å². The Hall–Kier alpha value is -1.54. The lowest BCUT2D eigenvalue weighted by Gasteiger charge is -2.09. The Morgan fingerprint density at radius 2 is 1.90 bits per heavy atom. The first-order valence-corrected chi connectivity index (χ1v) is 7.12. The molecule has 5 nitrogen and oxygen atoms in total. The van der Waals surface area contributed by atoms with Crippen LogP contribution in [0.2, 0.25) is 5.28 Å². The topological polar surface area (TPSA) is 59.9 Å². The molecule has 0 saturated carbocycles. The van der Waals surface area contributed by atoms with E-state index in [1.165, 1.54) is 0 Å². The van der Waals surface area contributed by atoms with E-state index in [0.29, 0.717) is 6.61 Å². The Morgan fingerprint density at radius 3 is 2.52 bits per heavy atom. The van der Waals surface area contributed by atoms with Crippen LogP contribution in [0.25, 0.3) is 0 Å². The average Bonchev–Trinajstić information content (AvgIpc) is 2.40. The Labute approximate surface area is 132 Å². The van der Waals surface area contributed by atoms with Crippen molar-refractivity contribution in [3.05, 3.63) is 33.5 Å². The van der Waals surface area contributed by atoms with Gasteiger partial charge >= 0.3 is 6.01 Å². The van der Waals surface area contributed by atoms with Gasteiger partial charge < -0.3 is 10.1 Å². The van der Waals surface area contributed by atoms with Crippen LogP contribution in [0.15, 0.2) is 16.6 Å². The molecule has 0 saturated heterocycles. The van der Waals surface area contributed by atoms with Gasteiger partial charge in [-0.3, -0.25) is 0 Å². The zero-order valence-electron chi connectivity index (χ0n) is 10.8. The van der Waals surface area contributed by atoms with Crippen LogP contribution < -0.4 is 10.1 Å². The van der Waals surface area contributed by atoms with Crippen LogP contribution >= 0.6 is 27.5 Å². The highest BCUT2D eigenvalue weighted by Gasteiger charge is 2.14. The highest BCUT2D eigenvalue weighted by atomic mass is 79.9. The van der Waals surface area contributed by atoms with Crippen LogP contribution in [-0.2, 0) is 0 Å². The molecule has 2 aromatic rings. The van der Waals surface area contributed by atoms with Crippen LogP contribution in [0, 0.1) is 11.6 Å². The second-order valence-corrected chi connectivity index (χ2v) is 5.18. The standard InChI is InChI=1S/C12H10BrClF2N4O/c1-2-3-21-12-19-10(14)18-11(20-12)17-9-7(15)4-6(13)5-8(9)16/h4-5H,2-3H2,1H3,(H,17,18,19,20). The van der Waals surface area contributed by atoms with E-state index in [0.717, 1.165) is 18.6 Å². The first kappa shape index (κ1) is 15.8. The second-order valence-electron chi connectivity index (χ2n) is 3.93. The average molecular weight is 380 g/mol. The summed E-state index contributed by atoms with van der Waals surface area (Å²) in [6.07, 6.45) is 0.752. The molecule has 21 heavy (non-hydrogen) atoms. The number of nitrogens with one attached hydrogen (secondary N) is 1. The molecule has 0 bridgehead atoms. The monoisotopic (exact) mass is 378 g/mol. The predicted molar refractivity (Wildman–Crippen MR) is 78.0 cm³/mol. The zero-order valence-corrected chi connectivity index (χ0v) is 13.2. The Kier molecular flexibility index (Phi) is 5.24. The summed E-state index contributed by atoms with van der Waals surface area (Å²) in [6, 6.07) is 2.21. The summed E-state index contributed by atoms with van der Waals surface area (Å²) in [5.41, 5.74) is -0.387. The lowest BCUT2D eigenvalue weighted by molar-refractivity contribution is 0.292. The van der Waals surface area contributed by atoms with Gasteiger partial charge in [0.1, 0.15) is 5.69 Å². The number of hydrogen-bond donors (Lipinski definition) is 1. The lowest BCUT2D eigenvalue weighted by Crippen LogP contribution is -2.06. The molecule has 0 atom stereocenters. The fourth-order valence-corrected chi connectivity index (χ4v) is 1.97. The largest absolute Gasteiger partial charge is 0.463 e. The van der Waals surface area contributed by atoms with E-state index in [2.05, 4.69) is 36.2 Å². The fraction of sp³-hybridized carbons (Fsp3) is 0.250. The van der Waals surface area contributed by atoms with E-state index >= 15 is 0 Å². The molecular formula is C12H10BrClF2N4O. The maximum Gasteiger partial charge on any atom is 0.322 e. The molecule has 1 aromatic carbocycles. The number of benzene rings is 1. The number of hydrogen-bond acceptors (Lipinski definition) is 5. The molecule has 2 rings (SSSR count). The van der Waals surface area contributed by atoms with Gasteiger partial charge in [0, 0.05) is 4.47 Å². The summed E-state index contributed by atoms with van der Waals surface area (Å²) < 4.78 is 33.0. The van der Waals surface area contributed by atoms with Gasteiger partial charge in [0.15, 0.2) is 11.6 Å². The van der Waals surface area contributed by atoms with Crippen molar-refractivity contribution >= 4 is 39.2 Å². The van der Waals surface area contributed by atoms with Gasteiger partial charge in [-0.2, -0.15) is 15.0 Å². The normalized spacial score (nSPS) is 10.5. The van der Waals surface area contributed by atoms with Crippen LogP contribution in [0.3, 0.4) is 0 Å². The van der Waals surface area contributed by atoms with Crippen molar-refractivity contribution in [2.45, 2.75) is 13.3 Å². The van der Waals surface area contributed by atoms with Crippen molar-refractivity contribution in [2.24, 2.45) is 0 Å². The van der Waals surface area contributed by atoms with E-state index in [9.17, 15) is 8.78 Å². The number of halogens is 4. The smallest absolute Gasteiger partial charge is 0.322 e. The van der Waals surface area contributed by atoms with E-state index in [1.54, 1.807) is 0 Å². The molecule has 0 amide bonds. The minimum Gasteiger partial charge on any atom is -0.463 e. The molecule has 0 aliphatic carbocycles. The Morgan fingerprint density at radius 1 is 1.24 bits per heavy atom. The number of anilines is 2. The van der Waals surface area contributed by atoms with Crippen molar-refractivity contribution in [1.29, 1.82) is 0 Å². The molecule has 112 valence electrons. The first-order chi connectivity index (χ1) is 9.99. The van der Waals surface area contributed by atoms with Crippen molar-refractivity contribution in [1.82, 2.24) is 15.0 Å². The van der Waals surface area contributed by atoms with Gasteiger partial charge in [-0.05, 0) is 30.2 Å². The SMILES string of the molecule is CCCOc1nc(Cl)nc(Nc2c(F)cc(Br)cc2F)n1. The van der Waals surface area contributed by atoms with Gasteiger partial charge in [-0.15, -0.1) is 0 Å². The highest BCUT2D eigenvalue weighted by molar-refractivity contribution is 9.10. The van der Waals surface area contributed by atoms with Crippen LogP contribution in [0.4, 0.5) is 20.4 Å². The molecule has 0 aliphatic heterocycles. The summed E-state index contributed by atoms with van der Waals surface area (Å²) >= 11 is 8.72. The van der Waals surface area contributed by atoms with Crippen molar-refractivity contribution < 1.29 is 13.5 Å². The zero-order chi connectivity index (χ0) is 15.4. The predicted octanol–water partition coefficient (Wildman–Crippen LogP) is 4.10. The quantitative estimate of drug-likeness (QED) is 0.847. The van der Waals surface area contributed by atoms with Gasteiger partial charge in [-0.25, -0.2) is 8.78 Å². The molecule has 1 N–H and O–H groups in total. The third-order valence-corrected chi connectivity index (χ3v) is 2.89. The molecule has 1 heterocycles. The van der Waals surface area contributed by atoms with E-state index in [-0.39, 0.29) is 27.4 Å². The molecule has 0 unspecified atom stereocenters. The third-order valence-electron chi connectivity index (χ3n) is 2.27. The third kappa shape index (κ3) is 4.21. The minimum atomic E-state index is -0.797. The number of aromatic nitrogens is 3. The summed E-state index contributed by atoms with van der Waals surface area (Å²) in [4.78, 5) is 11.4. The van der Waals surface area contributed by atoms with Gasteiger partial charge in [0.05, 0.1) is 6.61 Å². The molecular weight excluding hydrogens is 370 g/mol. The van der Waals surface area contributed by atoms with Crippen molar-refractivity contribution in [2.75, 3.05) is 11.9 Å². The summed E-state index contributed by atoms with van der Waals surface area (Å²) in [7, 11) is 0. The maximum absolute atomic E-state index is 13.7. The molecule has 9 heteroatoms. The molecule has 1 aromatic heterocycles. The van der Waals surface area contributed by atoms with E-state index in [4.69, 9.17) is 16.3 Å². The number of rotatable bonds is 5. The second kappa shape index (κ2) is 6.95. The molecule has 0 fully saturated rings. The van der Waals surface area contributed by atoms with Gasteiger partial charge in [0.2, 0.25) is 11.2 Å². The number of nitrogens with zero attached hydrogens (tertiary/aromatic N) is 3. The van der Waals surface area contributed by atoms with Crippen LogP contribution in [-0.4, -0.2) is 21.6 Å². The van der Waals surface area contributed by atoms with Gasteiger partial charge in [-0.1, -0.05) is 22.9 Å². The van der Waals surface area contributed by atoms with E-state index in [1.807, 2.05) is 6.92 Å². The van der Waals surface area contributed by atoms with Crippen LogP contribution in [0.5, 0.6) is 6.01 Å². The molecule has 0 aliphatic rings. The van der Waals surface area contributed by atoms with Crippen molar-refractivity contribution in [3.63, 3.8) is 0 Å². The van der Waals surface area contributed by atoms with Gasteiger partial charge in [0.25, 0.3) is 0 Å². The summed E-state index contributed by atoms with van der Waals surface area (Å²) in [6.45, 7) is 2.30. The lowest BCUT2D eigenvalue weighted by atomic mass is 10.3. The molecule has 0 spiro atoms. The van der Waals surface area contributed by atoms with E-state index < -0.39 is 11.6 Å². The fourth-order valence-electron chi connectivity index (χ4n) is 1.42. The number of ether oxygens (including phenoxy) is 1.